The van der Waals surface area contributed by atoms with Gasteiger partial charge in [0.2, 0.25) is 0 Å². The summed E-state index contributed by atoms with van der Waals surface area (Å²) in [5.41, 5.74) is -0.625. The van der Waals surface area contributed by atoms with Crippen molar-refractivity contribution in [1.29, 1.82) is 0 Å². The number of amides is 1. The van der Waals surface area contributed by atoms with Crippen LogP contribution in [-0.4, -0.2) is 39.7 Å². The molecule has 20 heavy (non-hydrogen) atoms. The molecule has 1 aromatic rings. The van der Waals surface area contributed by atoms with Gasteiger partial charge in [-0.25, -0.2) is 14.2 Å². The maximum Gasteiger partial charge on any atom is 0.425 e. The Balaban J connectivity index is 2.16. The molecule has 110 valence electrons. The molecule has 0 N–H and O–H groups in total. The first-order valence-corrected chi connectivity index (χ1v) is 6.49. The van der Waals surface area contributed by atoms with Gasteiger partial charge in [-0.05, 0) is 33.6 Å². The lowest BCUT2D eigenvalue weighted by Gasteiger charge is -2.27. The van der Waals surface area contributed by atoms with Gasteiger partial charge in [-0.2, -0.15) is 0 Å². The highest BCUT2D eigenvalue weighted by molar-refractivity contribution is 5.87. The lowest BCUT2D eigenvalue weighted by atomic mass is 10.2. The van der Waals surface area contributed by atoms with E-state index in [1.165, 1.54) is 11.1 Å². The molecule has 1 atom stereocenters. The minimum atomic E-state index is -0.744. The van der Waals surface area contributed by atoms with Crippen LogP contribution in [-0.2, 0) is 4.74 Å². The molecule has 1 aliphatic heterocycles. The molecule has 0 bridgehead atoms. The van der Waals surface area contributed by atoms with Crippen LogP contribution in [0.1, 0.15) is 38.4 Å². The molecule has 0 saturated carbocycles. The number of carbonyl (C=O) groups is 2. The highest BCUT2D eigenvalue weighted by Crippen LogP contribution is 2.21. The quantitative estimate of drug-likeness (QED) is 0.779. The van der Waals surface area contributed by atoms with E-state index in [0.717, 1.165) is 10.8 Å². The van der Waals surface area contributed by atoms with E-state index >= 15 is 0 Å². The molecule has 1 aliphatic rings. The first kappa shape index (κ1) is 14.4. The summed E-state index contributed by atoms with van der Waals surface area (Å²) in [7, 11) is 0. The molecular weight excluding hydrogens is 264 g/mol. The smallest absolute Gasteiger partial charge is 0.425 e. The Kier molecular flexibility index (Phi) is 3.69. The second-order valence-electron chi connectivity index (χ2n) is 5.71. The SMILES string of the molecule is CC(C)(C)OC(=O)N1CCC[C@H]1C(=O)n1ccoc1=O. The zero-order valence-electron chi connectivity index (χ0n) is 11.8. The summed E-state index contributed by atoms with van der Waals surface area (Å²) in [6, 6.07) is -0.680. The highest BCUT2D eigenvalue weighted by atomic mass is 16.6. The molecule has 1 aromatic heterocycles. The van der Waals surface area contributed by atoms with E-state index in [-0.39, 0.29) is 0 Å². The van der Waals surface area contributed by atoms with E-state index in [1.807, 2.05) is 0 Å². The standard InChI is InChI=1S/C13H18N2O5/c1-13(2,3)20-12(18)14-6-4-5-9(14)10(16)15-7-8-19-11(15)17/h7-9H,4-6H2,1-3H3/t9-/m0/s1. The van der Waals surface area contributed by atoms with E-state index < -0.39 is 29.4 Å². The Hall–Kier alpha value is -2.05. The van der Waals surface area contributed by atoms with Crippen molar-refractivity contribution in [3.63, 3.8) is 0 Å². The Bertz CT molecular complexity index is 566. The van der Waals surface area contributed by atoms with Gasteiger partial charge in [0.1, 0.15) is 17.9 Å². The van der Waals surface area contributed by atoms with E-state index in [4.69, 9.17) is 4.74 Å². The van der Waals surface area contributed by atoms with E-state index in [1.54, 1.807) is 20.8 Å². The molecule has 1 saturated heterocycles. The van der Waals surface area contributed by atoms with Crippen molar-refractivity contribution in [3.8, 4) is 0 Å². The highest BCUT2D eigenvalue weighted by Gasteiger charge is 2.37. The zero-order valence-corrected chi connectivity index (χ0v) is 11.8. The predicted octanol–water partition coefficient (Wildman–Crippen LogP) is 1.48. The number of rotatable bonds is 1. The Morgan fingerprint density at radius 3 is 2.65 bits per heavy atom. The molecule has 0 aliphatic carbocycles. The second-order valence-corrected chi connectivity index (χ2v) is 5.71. The third-order valence-corrected chi connectivity index (χ3v) is 2.98. The first-order chi connectivity index (χ1) is 9.29. The summed E-state index contributed by atoms with van der Waals surface area (Å²) in [5, 5.41) is 0. The fourth-order valence-electron chi connectivity index (χ4n) is 2.15. The van der Waals surface area contributed by atoms with Gasteiger partial charge in [-0.3, -0.25) is 9.69 Å². The first-order valence-electron chi connectivity index (χ1n) is 6.49. The van der Waals surface area contributed by atoms with Crippen molar-refractivity contribution in [2.24, 2.45) is 0 Å². The molecule has 0 radical (unpaired) electrons. The van der Waals surface area contributed by atoms with Crippen LogP contribution in [0.5, 0.6) is 0 Å². The predicted molar refractivity (Wildman–Crippen MR) is 69.6 cm³/mol. The molecule has 0 unspecified atom stereocenters. The minimum Gasteiger partial charge on any atom is -0.444 e. The number of carbonyl (C=O) groups excluding carboxylic acids is 2. The molecule has 0 aromatic carbocycles. The van der Waals surface area contributed by atoms with E-state index in [2.05, 4.69) is 4.42 Å². The van der Waals surface area contributed by atoms with Gasteiger partial charge < -0.3 is 9.15 Å². The normalized spacial score (nSPS) is 19.1. The van der Waals surface area contributed by atoms with Crippen LogP contribution >= 0.6 is 0 Å². The van der Waals surface area contributed by atoms with Crippen molar-refractivity contribution in [2.45, 2.75) is 45.3 Å². The third kappa shape index (κ3) is 2.92. The molecule has 2 rings (SSSR count). The Morgan fingerprint density at radius 1 is 1.40 bits per heavy atom. The van der Waals surface area contributed by atoms with Crippen molar-refractivity contribution >= 4 is 12.0 Å². The largest absolute Gasteiger partial charge is 0.444 e. The molecule has 7 nitrogen and oxygen atoms in total. The lowest BCUT2D eigenvalue weighted by Crippen LogP contribution is -2.46. The fraction of sp³-hybridized carbons (Fsp3) is 0.615. The van der Waals surface area contributed by atoms with Crippen LogP contribution in [0.15, 0.2) is 21.7 Å². The van der Waals surface area contributed by atoms with Crippen LogP contribution in [0.3, 0.4) is 0 Å². The van der Waals surface area contributed by atoms with E-state index in [9.17, 15) is 14.4 Å². The van der Waals surface area contributed by atoms with Crippen LogP contribution in [0, 0.1) is 0 Å². The maximum absolute atomic E-state index is 12.3. The number of nitrogens with zero attached hydrogens (tertiary/aromatic N) is 2. The maximum atomic E-state index is 12.3. The zero-order chi connectivity index (χ0) is 14.9. The summed E-state index contributed by atoms with van der Waals surface area (Å²) < 4.78 is 10.7. The topological polar surface area (TPSA) is 81.8 Å². The van der Waals surface area contributed by atoms with Crippen molar-refractivity contribution < 1.29 is 18.7 Å². The number of likely N-dealkylation sites (tertiary alicyclic amines) is 1. The Labute approximate surface area is 116 Å². The van der Waals surface area contributed by atoms with Gasteiger partial charge in [0.15, 0.2) is 0 Å². The molecular formula is C13H18N2O5. The monoisotopic (exact) mass is 282 g/mol. The molecule has 7 heteroatoms. The molecule has 1 amide bonds. The third-order valence-electron chi connectivity index (χ3n) is 2.98. The van der Waals surface area contributed by atoms with Crippen molar-refractivity contribution in [2.75, 3.05) is 6.54 Å². The van der Waals surface area contributed by atoms with Gasteiger partial charge in [0.25, 0.3) is 5.91 Å². The number of hydrogen-bond donors (Lipinski definition) is 0. The fourth-order valence-corrected chi connectivity index (χ4v) is 2.15. The molecule has 2 heterocycles. The summed E-state index contributed by atoms with van der Waals surface area (Å²) in [5.74, 6) is -1.21. The summed E-state index contributed by atoms with van der Waals surface area (Å²) >= 11 is 0. The number of hydrogen-bond acceptors (Lipinski definition) is 5. The van der Waals surface area contributed by atoms with Gasteiger partial charge in [-0.15, -0.1) is 0 Å². The van der Waals surface area contributed by atoms with Crippen LogP contribution in [0.25, 0.3) is 0 Å². The van der Waals surface area contributed by atoms with Crippen LogP contribution < -0.4 is 5.76 Å². The molecule has 0 spiro atoms. The second kappa shape index (κ2) is 5.15. The lowest BCUT2D eigenvalue weighted by molar-refractivity contribution is 0.0209. The number of aromatic nitrogens is 1. The number of ether oxygens (including phenoxy) is 1. The van der Waals surface area contributed by atoms with Crippen molar-refractivity contribution in [1.82, 2.24) is 9.47 Å². The summed E-state index contributed by atoms with van der Waals surface area (Å²) in [4.78, 5) is 37.1. The Morgan fingerprint density at radius 2 is 2.10 bits per heavy atom. The summed E-state index contributed by atoms with van der Waals surface area (Å²) in [6.07, 6.45) is 3.08. The number of oxazole rings is 1. The minimum absolute atomic E-state index is 0.442. The van der Waals surface area contributed by atoms with Gasteiger partial charge in [0.05, 0.1) is 6.20 Å². The van der Waals surface area contributed by atoms with Gasteiger partial charge in [0, 0.05) is 6.54 Å². The van der Waals surface area contributed by atoms with E-state index in [0.29, 0.717) is 19.4 Å². The average molecular weight is 282 g/mol. The summed E-state index contributed by atoms with van der Waals surface area (Å²) in [6.45, 7) is 5.73. The van der Waals surface area contributed by atoms with Crippen LogP contribution in [0.4, 0.5) is 4.79 Å². The van der Waals surface area contributed by atoms with Gasteiger partial charge >= 0.3 is 11.8 Å². The van der Waals surface area contributed by atoms with Gasteiger partial charge in [-0.1, -0.05) is 0 Å². The van der Waals surface area contributed by atoms with Crippen molar-refractivity contribution in [3.05, 3.63) is 23.0 Å². The molecule has 1 fully saturated rings. The average Bonchev–Trinajstić information content (AvgIpc) is 2.93. The van der Waals surface area contributed by atoms with Crippen LogP contribution in [0.2, 0.25) is 0 Å².